The summed E-state index contributed by atoms with van der Waals surface area (Å²) in [7, 11) is -15.3. The van der Waals surface area contributed by atoms with Gasteiger partial charge in [0.05, 0.1) is 39.8 Å². The fourth-order valence-corrected chi connectivity index (χ4v) is 7.98. The number of rotatable bonds is 14. The van der Waals surface area contributed by atoms with Gasteiger partial charge in [-0.1, -0.05) is 0 Å². The Bertz CT molecular complexity index is 1780. The maximum Gasteiger partial charge on any atom is 0.490 e. The summed E-state index contributed by atoms with van der Waals surface area (Å²) in [5.74, 6) is -0.779. The number of aromatic nitrogens is 4. The second kappa shape index (κ2) is 14.8. The maximum atomic E-state index is 12.3. The third-order valence-electron chi connectivity index (χ3n) is 6.75. The Morgan fingerprint density at radius 3 is 1.33 bits per heavy atom. The molecular weight excluding hydrogens is 741 g/mol. The molecule has 0 spiro atoms. The van der Waals surface area contributed by atoms with Gasteiger partial charge in [0.1, 0.15) is 36.6 Å². The fourth-order valence-electron chi connectivity index (χ4n) is 4.45. The first kappa shape index (κ1) is 38.9. The van der Waals surface area contributed by atoms with Crippen LogP contribution in [0, 0.1) is 0 Å². The van der Waals surface area contributed by atoms with E-state index in [2.05, 4.69) is 17.7 Å². The largest absolute Gasteiger partial charge is 0.490 e. The zero-order valence-electron chi connectivity index (χ0n) is 24.7. The lowest BCUT2D eigenvalue weighted by Crippen LogP contribution is -2.38. The summed E-state index contributed by atoms with van der Waals surface area (Å²) < 4.78 is 75.1. The zero-order valence-corrected chi connectivity index (χ0v) is 27.4. The smallest absolute Gasteiger partial charge is 0.490 e. The molecular formula is C20H29N4O22P3. The molecule has 10 atom stereocenters. The normalized spacial score (nSPS) is 30.7. The maximum absolute atomic E-state index is 12.3. The van der Waals surface area contributed by atoms with E-state index < -0.39 is 108 Å². The Labute approximate surface area is 270 Å². The van der Waals surface area contributed by atoms with Crippen molar-refractivity contribution in [2.24, 2.45) is 0 Å². The first-order valence-electron chi connectivity index (χ1n) is 13.2. The van der Waals surface area contributed by atoms with Gasteiger partial charge in [0.15, 0.2) is 12.5 Å². The van der Waals surface area contributed by atoms with Crippen molar-refractivity contribution in [2.75, 3.05) is 27.4 Å². The quantitative estimate of drug-likeness (QED) is 0.0821. The van der Waals surface area contributed by atoms with Crippen LogP contribution < -0.4 is 32.0 Å². The van der Waals surface area contributed by atoms with Crippen molar-refractivity contribution in [2.45, 2.75) is 49.1 Å². The number of aliphatic hydroxyl groups is 4. The third kappa shape index (κ3) is 8.90. The van der Waals surface area contributed by atoms with Crippen LogP contribution in [0.4, 0.5) is 0 Å². The Balaban J connectivity index is 1.34. The molecule has 2 fully saturated rings. The van der Waals surface area contributed by atoms with Crippen LogP contribution in [0.5, 0.6) is 11.5 Å². The molecule has 49 heavy (non-hydrogen) atoms. The van der Waals surface area contributed by atoms with Gasteiger partial charge in [0.25, 0.3) is 11.1 Å². The monoisotopic (exact) mass is 770 g/mol. The SMILES string of the molecule is COc1cn([C@@H]2O[C@H](COP(=O)(O)OP(=O)(O)OP(=O)(O)OC[C@H]3O[C@@H](n4cc(OC)c(=O)[nH]c4=O)[C@H](O)[C@@H]3O)[C@@H](O)[C@H]2O)c(=O)[nH]c1=O. The van der Waals surface area contributed by atoms with Crippen LogP contribution in [-0.4, -0.2) is 118 Å². The first-order valence-corrected chi connectivity index (χ1v) is 17.7. The summed E-state index contributed by atoms with van der Waals surface area (Å²) >= 11 is 0. The van der Waals surface area contributed by atoms with Crippen molar-refractivity contribution in [1.82, 2.24) is 19.1 Å². The van der Waals surface area contributed by atoms with E-state index >= 15 is 0 Å². The first-order chi connectivity index (χ1) is 22.7. The Morgan fingerprint density at radius 2 is 1.00 bits per heavy atom. The molecule has 0 radical (unpaired) electrons. The van der Waals surface area contributed by atoms with E-state index in [1.807, 2.05) is 9.97 Å². The highest BCUT2D eigenvalue weighted by Crippen LogP contribution is 2.67. The van der Waals surface area contributed by atoms with E-state index in [1.54, 1.807) is 0 Å². The number of methoxy groups -OCH3 is 2. The Hall–Kier alpha value is -2.87. The molecule has 2 saturated heterocycles. The molecule has 9 N–H and O–H groups in total. The number of aromatic amines is 2. The highest BCUT2D eigenvalue weighted by atomic mass is 31.3. The van der Waals surface area contributed by atoms with Crippen LogP contribution in [0.3, 0.4) is 0 Å². The van der Waals surface area contributed by atoms with Gasteiger partial charge >= 0.3 is 34.8 Å². The summed E-state index contributed by atoms with van der Waals surface area (Å²) in [4.78, 5) is 81.1. The summed E-state index contributed by atoms with van der Waals surface area (Å²) in [5.41, 5.74) is -4.07. The Kier molecular flexibility index (Phi) is 11.7. The van der Waals surface area contributed by atoms with Gasteiger partial charge in [0.2, 0.25) is 11.5 Å². The van der Waals surface area contributed by atoms with Gasteiger partial charge in [-0.3, -0.25) is 37.7 Å². The van der Waals surface area contributed by atoms with Gasteiger partial charge < -0.3 is 54.1 Å². The third-order valence-corrected chi connectivity index (χ3v) is 11.0. The second-order valence-electron chi connectivity index (χ2n) is 9.98. The number of nitrogens with one attached hydrogen (secondary N) is 2. The van der Waals surface area contributed by atoms with Crippen LogP contribution in [0.2, 0.25) is 0 Å². The molecule has 0 bridgehead atoms. The van der Waals surface area contributed by atoms with E-state index in [0.717, 1.165) is 26.6 Å². The predicted octanol–water partition coefficient (Wildman–Crippen LogP) is -4.29. The van der Waals surface area contributed by atoms with E-state index in [-0.39, 0.29) is 11.5 Å². The number of nitrogens with zero attached hydrogens (tertiary/aromatic N) is 2. The number of H-pyrrole nitrogens is 2. The highest BCUT2D eigenvalue weighted by Gasteiger charge is 2.49. The standard InChI is InChI=1S/C20H29N4O22P3/c1-39-7-3-23(19(31)21-15(7)29)17-13(27)11(25)9(43-17)5-41-47(33,34)45-49(37,38)46-48(35,36)42-6-10-12(26)14(28)18(44-10)24-4-8(40-2)16(30)22-20(24)32/h3-4,9-14,17-18,25-28H,5-6H2,1-2H3,(H,33,34)(H,35,36)(H,37,38)(H,21,29,31)(H,22,30,32)/t9-,10-,11-,12-,13-,14-,17-,18-/m1/s1. The van der Waals surface area contributed by atoms with Crippen molar-refractivity contribution in [3.63, 3.8) is 0 Å². The van der Waals surface area contributed by atoms with E-state index in [4.69, 9.17) is 18.9 Å². The van der Waals surface area contributed by atoms with Crippen molar-refractivity contribution < 1.29 is 85.4 Å². The predicted molar refractivity (Wildman–Crippen MR) is 151 cm³/mol. The summed E-state index contributed by atoms with van der Waals surface area (Å²) in [5, 5.41) is 41.2. The van der Waals surface area contributed by atoms with E-state index in [1.165, 1.54) is 0 Å². The molecule has 0 saturated carbocycles. The van der Waals surface area contributed by atoms with Crippen LogP contribution in [0.25, 0.3) is 0 Å². The molecule has 0 aliphatic carbocycles. The van der Waals surface area contributed by atoms with Crippen molar-refractivity contribution in [1.29, 1.82) is 0 Å². The van der Waals surface area contributed by atoms with Crippen LogP contribution >= 0.6 is 23.5 Å². The average molecular weight is 770 g/mol. The van der Waals surface area contributed by atoms with Gasteiger partial charge in [-0.15, -0.1) is 0 Å². The molecule has 2 aliphatic rings. The topological polar surface area (TPSA) is 376 Å². The molecule has 29 heteroatoms. The highest BCUT2D eigenvalue weighted by molar-refractivity contribution is 7.66. The number of phosphoric ester groups is 2. The van der Waals surface area contributed by atoms with E-state index in [9.17, 15) is 68.0 Å². The molecule has 4 rings (SSSR count). The van der Waals surface area contributed by atoms with Crippen molar-refractivity contribution in [3.05, 3.63) is 54.1 Å². The summed E-state index contributed by atoms with van der Waals surface area (Å²) in [6.07, 6.45) is -12.8. The van der Waals surface area contributed by atoms with Crippen molar-refractivity contribution in [3.8, 4) is 11.5 Å². The Morgan fingerprint density at radius 1 is 0.653 bits per heavy atom. The summed E-state index contributed by atoms with van der Waals surface area (Å²) in [6, 6.07) is 0. The molecule has 2 aromatic heterocycles. The van der Waals surface area contributed by atoms with Crippen LogP contribution in [0.15, 0.2) is 31.6 Å². The molecule has 4 heterocycles. The minimum Gasteiger partial charge on any atom is -0.490 e. The fraction of sp³-hybridized carbons (Fsp3) is 0.600. The molecule has 2 aliphatic heterocycles. The van der Waals surface area contributed by atoms with Gasteiger partial charge in [-0.05, 0) is 0 Å². The lowest BCUT2D eigenvalue weighted by Gasteiger charge is -2.21. The second-order valence-corrected chi connectivity index (χ2v) is 14.6. The van der Waals surface area contributed by atoms with Crippen LogP contribution in [-0.2, 0) is 40.8 Å². The zero-order chi connectivity index (χ0) is 36.6. The number of ether oxygens (including phenoxy) is 4. The van der Waals surface area contributed by atoms with Crippen LogP contribution in [0.1, 0.15) is 12.5 Å². The molecule has 2 aromatic rings. The molecule has 0 aromatic carbocycles. The van der Waals surface area contributed by atoms with Crippen molar-refractivity contribution >= 4 is 23.5 Å². The van der Waals surface area contributed by atoms with Gasteiger partial charge in [-0.25, -0.2) is 23.3 Å². The number of hydrogen-bond donors (Lipinski definition) is 9. The minimum absolute atomic E-state index is 0.390. The number of aliphatic hydroxyl groups excluding tert-OH is 4. The van der Waals surface area contributed by atoms with E-state index in [0.29, 0.717) is 9.13 Å². The van der Waals surface area contributed by atoms with Gasteiger partial charge in [0, 0.05) is 0 Å². The lowest BCUT2D eigenvalue weighted by atomic mass is 10.1. The molecule has 26 nitrogen and oxygen atoms in total. The summed E-state index contributed by atoms with van der Waals surface area (Å²) in [6.45, 7) is -2.34. The molecule has 276 valence electrons. The number of phosphoric acid groups is 3. The van der Waals surface area contributed by atoms with Gasteiger partial charge in [-0.2, -0.15) is 8.62 Å². The molecule has 0 amide bonds. The minimum atomic E-state index is -6.04. The lowest BCUT2D eigenvalue weighted by molar-refractivity contribution is -0.0551. The molecule has 2 unspecified atom stereocenters. The average Bonchev–Trinajstić information content (AvgIpc) is 3.43. The number of hydrogen-bond acceptors (Lipinski definition) is 19.